The third-order valence-electron chi connectivity index (χ3n) is 4.16. The smallest absolute Gasteiger partial charge is 0.350 e. The molecule has 0 fully saturated rings. The summed E-state index contributed by atoms with van der Waals surface area (Å²) >= 11 is 1.40. The zero-order valence-electron chi connectivity index (χ0n) is 16.5. The third kappa shape index (κ3) is 4.62. The Morgan fingerprint density at radius 3 is 2.61 bits per heavy atom. The molecule has 0 spiro atoms. The number of thiazole rings is 1. The highest BCUT2D eigenvalue weighted by molar-refractivity contribution is 7.13. The van der Waals surface area contributed by atoms with Crippen molar-refractivity contribution in [3.8, 4) is 11.1 Å². The van der Waals surface area contributed by atoms with Gasteiger partial charge in [0.25, 0.3) is 0 Å². The molecule has 6 heteroatoms. The van der Waals surface area contributed by atoms with Crippen LogP contribution >= 0.6 is 11.3 Å². The first-order chi connectivity index (χ1) is 13.3. The van der Waals surface area contributed by atoms with E-state index < -0.39 is 5.95 Å². The molecule has 28 heavy (non-hydrogen) atoms. The van der Waals surface area contributed by atoms with Crippen LogP contribution in [0.1, 0.15) is 53.6 Å². The van der Waals surface area contributed by atoms with Gasteiger partial charge in [-0.05, 0) is 30.2 Å². The largest absolute Gasteiger partial charge is 0.462 e. The molecule has 0 radical (unpaired) electrons. The van der Waals surface area contributed by atoms with Gasteiger partial charge in [0.15, 0.2) is 0 Å². The van der Waals surface area contributed by atoms with Gasteiger partial charge in [0.2, 0.25) is 5.95 Å². The van der Waals surface area contributed by atoms with E-state index in [-0.39, 0.29) is 11.4 Å². The lowest BCUT2D eigenvalue weighted by atomic mass is 9.98. The van der Waals surface area contributed by atoms with Gasteiger partial charge in [0, 0.05) is 23.6 Å². The molecule has 0 aliphatic heterocycles. The molecule has 2 aromatic heterocycles. The topological polar surface area (TPSA) is 52.1 Å². The van der Waals surface area contributed by atoms with E-state index in [9.17, 15) is 9.18 Å². The Kier molecular flexibility index (Phi) is 5.89. The fourth-order valence-electron chi connectivity index (χ4n) is 2.75. The summed E-state index contributed by atoms with van der Waals surface area (Å²) in [4.78, 5) is 21.4. The van der Waals surface area contributed by atoms with Gasteiger partial charge in [0.05, 0.1) is 17.3 Å². The number of hydrogen-bond donors (Lipinski definition) is 0. The van der Waals surface area contributed by atoms with E-state index in [4.69, 9.17) is 9.72 Å². The number of carbonyl (C=O) groups excluding carboxylic acids is 1. The Hall–Kier alpha value is -2.60. The summed E-state index contributed by atoms with van der Waals surface area (Å²) in [6.07, 6.45) is 2.03. The Bertz CT molecular complexity index is 975. The van der Waals surface area contributed by atoms with Crippen molar-refractivity contribution in [1.82, 2.24) is 9.97 Å². The molecule has 3 rings (SSSR count). The summed E-state index contributed by atoms with van der Waals surface area (Å²) in [7, 11) is 0. The predicted molar refractivity (Wildman–Crippen MR) is 109 cm³/mol. The molecule has 0 saturated heterocycles. The average molecular weight is 399 g/mol. The second-order valence-corrected chi connectivity index (χ2v) is 8.51. The molecular weight excluding hydrogens is 375 g/mol. The molecule has 0 aliphatic carbocycles. The molecule has 1 aromatic carbocycles. The van der Waals surface area contributed by atoms with E-state index in [1.54, 1.807) is 13.0 Å². The maximum atomic E-state index is 13.1. The molecule has 146 valence electrons. The van der Waals surface area contributed by atoms with Crippen molar-refractivity contribution in [2.24, 2.45) is 0 Å². The number of ether oxygens (including phenoxy) is 1. The first kappa shape index (κ1) is 20.1. The van der Waals surface area contributed by atoms with Gasteiger partial charge in [-0.2, -0.15) is 4.39 Å². The number of rotatable bonds is 5. The van der Waals surface area contributed by atoms with Gasteiger partial charge in [-0.25, -0.2) is 14.8 Å². The lowest BCUT2D eigenvalue weighted by Gasteiger charge is -2.13. The van der Waals surface area contributed by atoms with Crippen molar-refractivity contribution in [2.75, 3.05) is 6.61 Å². The van der Waals surface area contributed by atoms with Crippen LogP contribution in [0.5, 0.6) is 0 Å². The van der Waals surface area contributed by atoms with E-state index in [2.05, 4.69) is 25.8 Å². The Morgan fingerprint density at radius 1 is 1.18 bits per heavy atom. The summed E-state index contributed by atoms with van der Waals surface area (Å²) < 4.78 is 18.3. The van der Waals surface area contributed by atoms with Crippen molar-refractivity contribution in [2.45, 2.75) is 39.5 Å². The van der Waals surface area contributed by atoms with Crippen molar-refractivity contribution >= 4 is 17.3 Å². The summed E-state index contributed by atoms with van der Waals surface area (Å²) in [5.74, 6) is -0.833. The molecule has 0 amide bonds. The minimum absolute atomic E-state index is 0.147. The van der Waals surface area contributed by atoms with Crippen LogP contribution in [-0.4, -0.2) is 22.5 Å². The van der Waals surface area contributed by atoms with Gasteiger partial charge in [-0.3, -0.25) is 0 Å². The lowest BCUT2D eigenvalue weighted by molar-refractivity contribution is 0.0530. The highest BCUT2D eigenvalue weighted by atomic mass is 32.1. The number of aromatic nitrogens is 2. The minimum Gasteiger partial charge on any atom is -0.462 e. The van der Waals surface area contributed by atoms with Crippen LogP contribution in [0.15, 0.2) is 42.6 Å². The van der Waals surface area contributed by atoms with Crippen LogP contribution in [0.3, 0.4) is 0 Å². The highest BCUT2D eigenvalue weighted by Crippen LogP contribution is 2.31. The molecule has 0 unspecified atom stereocenters. The average Bonchev–Trinajstić information content (AvgIpc) is 3.07. The molecule has 4 nitrogen and oxygen atoms in total. The normalized spacial score (nSPS) is 11.5. The van der Waals surface area contributed by atoms with E-state index in [0.29, 0.717) is 17.9 Å². The van der Waals surface area contributed by atoms with Crippen LogP contribution in [0.25, 0.3) is 11.1 Å². The van der Waals surface area contributed by atoms with Gasteiger partial charge >= 0.3 is 5.97 Å². The van der Waals surface area contributed by atoms with Crippen LogP contribution in [0.2, 0.25) is 0 Å². The van der Waals surface area contributed by atoms with Crippen LogP contribution < -0.4 is 0 Å². The van der Waals surface area contributed by atoms with Crippen molar-refractivity contribution < 1.29 is 13.9 Å². The first-order valence-corrected chi connectivity index (χ1v) is 9.97. The number of benzene rings is 1. The quantitative estimate of drug-likeness (QED) is 0.426. The van der Waals surface area contributed by atoms with Crippen molar-refractivity contribution in [3.05, 3.63) is 69.7 Å². The van der Waals surface area contributed by atoms with Gasteiger partial charge in [-0.1, -0.05) is 45.0 Å². The molecular formula is C22H23FN2O2S. The van der Waals surface area contributed by atoms with E-state index in [1.807, 2.05) is 24.3 Å². The zero-order valence-corrected chi connectivity index (χ0v) is 17.3. The van der Waals surface area contributed by atoms with Crippen LogP contribution in [-0.2, 0) is 16.6 Å². The van der Waals surface area contributed by atoms with E-state index in [0.717, 1.165) is 27.4 Å². The Morgan fingerprint density at radius 2 is 1.96 bits per heavy atom. The van der Waals surface area contributed by atoms with Gasteiger partial charge in [-0.15, -0.1) is 11.3 Å². The van der Waals surface area contributed by atoms with Crippen molar-refractivity contribution in [1.29, 1.82) is 0 Å². The van der Waals surface area contributed by atoms with Crippen LogP contribution in [0, 0.1) is 5.95 Å². The Labute approximate surface area is 168 Å². The third-order valence-corrected chi connectivity index (χ3v) is 5.66. The monoisotopic (exact) mass is 398 g/mol. The molecule has 0 saturated carbocycles. The summed E-state index contributed by atoms with van der Waals surface area (Å²) in [6.45, 7) is 8.35. The highest BCUT2D eigenvalue weighted by Gasteiger charge is 2.25. The lowest BCUT2D eigenvalue weighted by Crippen LogP contribution is -2.10. The minimum atomic E-state index is -0.504. The fourth-order valence-corrected chi connectivity index (χ4v) is 3.78. The zero-order chi connectivity index (χ0) is 20.3. The number of nitrogens with zero attached hydrogens (tertiary/aromatic N) is 2. The van der Waals surface area contributed by atoms with Crippen molar-refractivity contribution in [3.63, 3.8) is 0 Å². The number of carbonyl (C=O) groups is 1. The van der Waals surface area contributed by atoms with Crippen LogP contribution in [0.4, 0.5) is 4.39 Å². The molecule has 0 atom stereocenters. The van der Waals surface area contributed by atoms with Gasteiger partial charge < -0.3 is 4.74 Å². The molecule has 3 aromatic rings. The molecule has 0 aliphatic rings. The number of esters is 1. The Balaban J connectivity index is 1.94. The maximum Gasteiger partial charge on any atom is 0.350 e. The summed E-state index contributed by atoms with van der Waals surface area (Å²) in [5, 5.41) is 0.907. The van der Waals surface area contributed by atoms with E-state index >= 15 is 0 Å². The standard InChI is InChI=1S/C22H23FN2O2S/c1-5-27-20(26)19-17(25-21(28-19)22(2,3)4)12-14-7-6-8-15(11-14)16-9-10-18(23)24-13-16/h6-11,13H,5,12H2,1-4H3. The molecule has 0 bridgehead atoms. The number of halogens is 1. The summed E-state index contributed by atoms with van der Waals surface area (Å²) in [5.41, 5.74) is 3.36. The second kappa shape index (κ2) is 8.19. The second-order valence-electron chi connectivity index (χ2n) is 7.51. The van der Waals surface area contributed by atoms with E-state index in [1.165, 1.54) is 23.6 Å². The fraction of sp³-hybridized carbons (Fsp3) is 0.318. The number of pyridine rings is 1. The summed E-state index contributed by atoms with van der Waals surface area (Å²) in [6, 6.07) is 10.9. The molecule has 0 N–H and O–H groups in total. The number of hydrogen-bond acceptors (Lipinski definition) is 5. The molecule has 2 heterocycles. The SMILES string of the molecule is CCOC(=O)c1sc(C(C)(C)C)nc1Cc1cccc(-c2ccc(F)nc2)c1. The van der Waals surface area contributed by atoms with Gasteiger partial charge in [0.1, 0.15) is 4.88 Å². The first-order valence-electron chi connectivity index (χ1n) is 9.16. The predicted octanol–water partition coefficient (Wildman–Crippen LogP) is 5.41. The maximum absolute atomic E-state index is 13.1.